The molecule has 0 aliphatic carbocycles. The second-order valence-electron chi connectivity index (χ2n) is 4.42. The highest BCUT2D eigenvalue weighted by Crippen LogP contribution is 2.38. The molecule has 110 valence electrons. The average Bonchev–Trinajstić information content (AvgIpc) is 2.38. The first-order valence-electron chi connectivity index (χ1n) is 5.83. The first-order valence-corrected chi connectivity index (χ1v) is 7.61. The van der Waals surface area contributed by atoms with Crippen LogP contribution in [0.1, 0.15) is 5.56 Å². The molecule has 1 N–H and O–H groups in total. The summed E-state index contributed by atoms with van der Waals surface area (Å²) in [7, 11) is -3.98. The van der Waals surface area contributed by atoms with Gasteiger partial charge in [0.25, 0.3) is 0 Å². The fourth-order valence-corrected chi connectivity index (χ4v) is 3.06. The summed E-state index contributed by atoms with van der Waals surface area (Å²) in [5, 5.41) is 0.178. The molecular weight excluding hydrogens is 324 g/mol. The summed E-state index contributed by atoms with van der Waals surface area (Å²) in [6.07, 6.45) is 0. The van der Waals surface area contributed by atoms with E-state index < -0.39 is 21.9 Å². The molecular formula is C13H8ClF2NO3S. The molecule has 8 heteroatoms. The standard InChI is InChI=1S/C13H8ClF2NO3S/c14-8-1-2-10(12(16)4-8)11-5-9(15)3-7-6-17-21(18,19)20-13(7)11/h1-5,17H,6H2. The molecule has 0 saturated carbocycles. The monoisotopic (exact) mass is 331 g/mol. The minimum atomic E-state index is -3.98. The fourth-order valence-electron chi connectivity index (χ4n) is 2.09. The van der Waals surface area contributed by atoms with Gasteiger partial charge in [-0.2, -0.15) is 13.1 Å². The number of halogens is 3. The first-order chi connectivity index (χ1) is 9.85. The van der Waals surface area contributed by atoms with Gasteiger partial charge in [0.15, 0.2) is 5.75 Å². The largest absolute Gasteiger partial charge is 0.382 e. The van der Waals surface area contributed by atoms with Crippen molar-refractivity contribution in [3.05, 3.63) is 52.6 Å². The van der Waals surface area contributed by atoms with Gasteiger partial charge in [0.1, 0.15) is 11.6 Å². The lowest BCUT2D eigenvalue weighted by Crippen LogP contribution is -2.32. The Hall–Kier alpha value is -1.70. The topological polar surface area (TPSA) is 55.4 Å². The average molecular weight is 332 g/mol. The van der Waals surface area contributed by atoms with Gasteiger partial charge in [-0.1, -0.05) is 11.6 Å². The lowest BCUT2D eigenvalue weighted by Gasteiger charge is -2.21. The zero-order valence-electron chi connectivity index (χ0n) is 10.4. The predicted molar refractivity (Wildman–Crippen MR) is 73.2 cm³/mol. The summed E-state index contributed by atoms with van der Waals surface area (Å²) in [5.74, 6) is -1.41. The van der Waals surface area contributed by atoms with Crippen LogP contribution in [-0.2, 0) is 16.8 Å². The van der Waals surface area contributed by atoms with Crippen molar-refractivity contribution in [3.8, 4) is 16.9 Å². The molecule has 2 aromatic carbocycles. The van der Waals surface area contributed by atoms with Gasteiger partial charge >= 0.3 is 10.3 Å². The van der Waals surface area contributed by atoms with Gasteiger partial charge in [0.2, 0.25) is 0 Å². The van der Waals surface area contributed by atoms with E-state index in [2.05, 4.69) is 4.72 Å². The van der Waals surface area contributed by atoms with Crippen LogP contribution < -0.4 is 8.91 Å². The van der Waals surface area contributed by atoms with Crippen LogP contribution in [0.25, 0.3) is 11.1 Å². The van der Waals surface area contributed by atoms with Crippen molar-refractivity contribution in [2.75, 3.05) is 0 Å². The van der Waals surface area contributed by atoms with Crippen molar-refractivity contribution in [1.82, 2.24) is 4.72 Å². The number of benzene rings is 2. The summed E-state index contributed by atoms with van der Waals surface area (Å²) < 4.78 is 57.6. The Kier molecular flexibility index (Phi) is 3.35. The summed E-state index contributed by atoms with van der Waals surface area (Å²) >= 11 is 5.67. The van der Waals surface area contributed by atoms with Crippen LogP contribution in [-0.4, -0.2) is 8.42 Å². The van der Waals surface area contributed by atoms with E-state index in [1.165, 1.54) is 12.1 Å². The van der Waals surface area contributed by atoms with Crippen molar-refractivity contribution < 1.29 is 21.4 Å². The van der Waals surface area contributed by atoms with E-state index in [0.29, 0.717) is 0 Å². The predicted octanol–water partition coefficient (Wildman–Crippen LogP) is 3.01. The minimum Gasteiger partial charge on any atom is -0.370 e. The van der Waals surface area contributed by atoms with E-state index in [1.807, 2.05) is 0 Å². The molecule has 2 aromatic rings. The van der Waals surface area contributed by atoms with Crippen LogP contribution in [0, 0.1) is 11.6 Å². The van der Waals surface area contributed by atoms with Crippen molar-refractivity contribution in [1.29, 1.82) is 0 Å². The zero-order valence-corrected chi connectivity index (χ0v) is 11.9. The van der Waals surface area contributed by atoms with Crippen LogP contribution in [0.4, 0.5) is 8.78 Å². The highest BCUT2D eigenvalue weighted by molar-refractivity contribution is 7.85. The van der Waals surface area contributed by atoms with E-state index >= 15 is 0 Å². The second kappa shape index (κ2) is 4.94. The van der Waals surface area contributed by atoms with Crippen molar-refractivity contribution in [2.45, 2.75) is 6.54 Å². The fraction of sp³-hybridized carbons (Fsp3) is 0.0769. The van der Waals surface area contributed by atoms with Crippen molar-refractivity contribution in [2.24, 2.45) is 0 Å². The molecule has 21 heavy (non-hydrogen) atoms. The summed E-state index contributed by atoms with van der Waals surface area (Å²) in [4.78, 5) is 0. The van der Waals surface area contributed by atoms with Crippen LogP contribution in [0.3, 0.4) is 0 Å². The van der Waals surface area contributed by atoms with Gasteiger partial charge in [-0.15, -0.1) is 0 Å². The first kappa shape index (κ1) is 14.2. The maximum Gasteiger partial charge on any atom is 0.382 e. The lowest BCUT2D eigenvalue weighted by atomic mass is 10.0. The maximum absolute atomic E-state index is 14.0. The van der Waals surface area contributed by atoms with Gasteiger partial charge in [-0.25, -0.2) is 8.78 Å². The Bertz CT molecular complexity index is 840. The number of nitrogens with one attached hydrogen (secondary N) is 1. The Labute approximate surface area is 124 Å². The number of hydrogen-bond donors (Lipinski definition) is 1. The van der Waals surface area contributed by atoms with E-state index in [4.69, 9.17) is 15.8 Å². The van der Waals surface area contributed by atoms with E-state index in [-0.39, 0.29) is 34.0 Å². The van der Waals surface area contributed by atoms with Gasteiger partial charge in [-0.05, 0) is 30.3 Å². The third-order valence-corrected chi connectivity index (χ3v) is 4.10. The summed E-state index contributed by atoms with van der Waals surface area (Å²) in [5.41, 5.74) is 0.311. The lowest BCUT2D eigenvalue weighted by molar-refractivity contribution is 0.452. The number of rotatable bonds is 1. The van der Waals surface area contributed by atoms with E-state index in [0.717, 1.165) is 18.2 Å². The van der Waals surface area contributed by atoms with Gasteiger partial charge in [-0.3, -0.25) is 0 Å². The quantitative estimate of drug-likeness (QED) is 0.874. The molecule has 1 heterocycles. The van der Waals surface area contributed by atoms with Gasteiger partial charge in [0.05, 0.1) is 0 Å². The Morgan fingerprint density at radius 2 is 1.90 bits per heavy atom. The molecule has 0 atom stereocenters. The molecule has 1 aliphatic heterocycles. The molecule has 0 unspecified atom stereocenters. The molecule has 4 nitrogen and oxygen atoms in total. The second-order valence-corrected chi connectivity index (χ2v) is 6.22. The molecule has 0 radical (unpaired) electrons. The Morgan fingerprint density at radius 1 is 1.14 bits per heavy atom. The third-order valence-electron chi connectivity index (χ3n) is 2.98. The maximum atomic E-state index is 14.0. The molecule has 0 aromatic heterocycles. The third kappa shape index (κ3) is 2.72. The van der Waals surface area contributed by atoms with Crippen LogP contribution >= 0.6 is 11.6 Å². The summed E-state index contributed by atoms with van der Waals surface area (Å²) in [6, 6.07) is 5.97. The molecule has 0 saturated heterocycles. The number of fused-ring (bicyclic) bond motifs is 1. The Balaban J connectivity index is 2.25. The minimum absolute atomic E-state index is 0.00671. The highest BCUT2D eigenvalue weighted by atomic mass is 35.5. The van der Waals surface area contributed by atoms with Crippen molar-refractivity contribution >= 4 is 21.9 Å². The van der Waals surface area contributed by atoms with Gasteiger partial charge < -0.3 is 4.18 Å². The van der Waals surface area contributed by atoms with Crippen molar-refractivity contribution in [3.63, 3.8) is 0 Å². The van der Waals surface area contributed by atoms with E-state index in [1.54, 1.807) is 0 Å². The highest BCUT2D eigenvalue weighted by Gasteiger charge is 2.27. The number of hydrogen-bond acceptors (Lipinski definition) is 3. The van der Waals surface area contributed by atoms with Crippen LogP contribution in [0.5, 0.6) is 5.75 Å². The summed E-state index contributed by atoms with van der Waals surface area (Å²) in [6.45, 7) is -0.127. The van der Waals surface area contributed by atoms with Crippen LogP contribution in [0.15, 0.2) is 30.3 Å². The molecule has 0 bridgehead atoms. The molecule has 0 spiro atoms. The smallest absolute Gasteiger partial charge is 0.370 e. The van der Waals surface area contributed by atoms with E-state index in [9.17, 15) is 17.2 Å². The Morgan fingerprint density at radius 3 is 2.62 bits per heavy atom. The molecule has 3 rings (SSSR count). The SMILES string of the molecule is O=S1(=O)NCc2cc(F)cc(-c3ccc(Cl)cc3F)c2O1. The zero-order chi connectivity index (χ0) is 15.2. The normalized spacial score (nSPS) is 16.1. The molecule has 0 fully saturated rings. The molecule has 0 amide bonds. The molecule has 1 aliphatic rings. The van der Waals surface area contributed by atoms with Gasteiger partial charge in [0, 0.05) is 28.3 Å². The van der Waals surface area contributed by atoms with Crippen LogP contribution in [0.2, 0.25) is 5.02 Å².